The summed E-state index contributed by atoms with van der Waals surface area (Å²) in [5.41, 5.74) is 7.84. The van der Waals surface area contributed by atoms with E-state index >= 15 is 0 Å². The van der Waals surface area contributed by atoms with E-state index in [0.29, 0.717) is 17.1 Å². The van der Waals surface area contributed by atoms with E-state index in [2.05, 4.69) is 10.3 Å². The topological polar surface area (TPSA) is 74.7 Å². The number of aromatic nitrogens is 1. The standard InChI is InChI=1S/C14H14N4/c1-10(11-5-3-2-4-6-11)18-14-13(16)12(9-15)7-8-17-14/h2-8,10H,16H2,1H3,(H,17,18). The fourth-order valence-electron chi connectivity index (χ4n) is 1.72. The van der Waals surface area contributed by atoms with Crippen LogP contribution in [0.3, 0.4) is 0 Å². The smallest absolute Gasteiger partial charge is 0.151 e. The highest BCUT2D eigenvalue weighted by atomic mass is 15.0. The lowest BCUT2D eigenvalue weighted by molar-refractivity contribution is 0.875. The van der Waals surface area contributed by atoms with Gasteiger partial charge < -0.3 is 11.1 Å². The number of rotatable bonds is 3. The maximum Gasteiger partial charge on any atom is 0.151 e. The Balaban J connectivity index is 2.23. The van der Waals surface area contributed by atoms with E-state index in [0.717, 1.165) is 5.56 Å². The van der Waals surface area contributed by atoms with Crippen LogP contribution < -0.4 is 11.1 Å². The molecule has 2 aromatic rings. The van der Waals surface area contributed by atoms with Crippen molar-refractivity contribution in [2.75, 3.05) is 11.1 Å². The van der Waals surface area contributed by atoms with Crippen LogP contribution in [0.4, 0.5) is 11.5 Å². The highest BCUT2D eigenvalue weighted by Crippen LogP contribution is 2.24. The zero-order valence-corrected chi connectivity index (χ0v) is 10.1. The second kappa shape index (κ2) is 5.19. The lowest BCUT2D eigenvalue weighted by Crippen LogP contribution is -2.10. The molecule has 0 saturated carbocycles. The average Bonchev–Trinajstić information content (AvgIpc) is 2.42. The van der Waals surface area contributed by atoms with Crippen LogP contribution in [-0.2, 0) is 0 Å². The Bertz CT molecular complexity index is 572. The van der Waals surface area contributed by atoms with Crippen LogP contribution in [0.2, 0.25) is 0 Å². The maximum absolute atomic E-state index is 8.91. The Morgan fingerprint density at radius 2 is 2.00 bits per heavy atom. The van der Waals surface area contributed by atoms with Gasteiger partial charge in [-0.1, -0.05) is 30.3 Å². The molecule has 2 rings (SSSR count). The molecule has 0 aliphatic carbocycles. The van der Waals surface area contributed by atoms with Crippen LogP contribution >= 0.6 is 0 Å². The molecule has 4 nitrogen and oxygen atoms in total. The van der Waals surface area contributed by atoms with Gasteiger partial charge in [-0.05, 0) is 18.6 Å². The number of pyridine rings is 1. The van der Waals surface area contributed by atoms with Crippen molar-refractivity contribution in [1.29, 1.82) is 5.26 Å². The molecule has 1 heterocycles. The number of hydrogen-bond acceptors (Lipinski definition) is 4. The van der Waals surface area contributed by atoms with Crippen molar-refractivity contribution in [3.05, 3.63) is 53.7 Å². The van der Waals surface area contributed by atoms with Crippen LogP contribution in [0.5, 0.6) is 0 Å². The van der Waals surface area contributed by atoms with E-state index in [-0.39, 0.29) is 6.04 Å². The zero-order chi connectivity index (χ0) is 13.0. The van der Waals surface area contributed by atoms with Gasteiger partial charge in [0, 0.05) is 6.20 Å². The molecule has 0 aliphatic rings. The number of benzene rings is 1. The van der Waals surface area contributed by atoms with Gasteiger partial charge >= 0.3 is 0 Å². The second-order valence-electron chi connectivity index (χ2n) is 4.01. The molecular weight excluding hydrogens is 224 g/mol. The molecule has 4 heteroatoms. The molecule has 0 spiro atoms. The van der Waals surface area contributed by atoms with Crippen LogP contribution in [0.1, 0.15) is 24.1 Å². The van der Waals surface area contributed by atoms with E-state index in [4.69, 9.17) is 11.0 Å². The number of nitrogen functional groups attached to an aromatic ring is 1. The molecule has 18 heavy (non-hydrogen) atoms. The summed E-state index contributed by atoms with van der Waals surface area (Å²) in [6.45, 7) is 2.02. The van der Waals surface area contributed by atoms with Crippen molar-refractivity contribution in [2.24, 2.45) is 0 Å². The van der Waals surface area contributed by atoms with Gasteiger partial charge in [0.25, 0.3) is 0 Å². The van der Waals surface area contributed by atoms with E-state index in [1.165, 1.54) is 0 Å². The predicted octanol–water partition coefficient (Wildman–Crippen LogP) is 2.71. The van der Waals surface area contributed by atoms with Crippen molar-refractivity contribution in [2.45, 2.75) is 13.0 Å². The molecule has 0 bridgehead atoms. The minimum atomic E-state index is 0.0787. The van der Waals surface area contributed by atoms with Gasteiger partial charge in [-0.15, -0.1) is 0 Å². The third-order valence-corrected chi connectivity index (χ3v) is 2.76. The SMILES string of the molecule is CC(Nc1nccc(C#N)c1N)c1ccccc1. The van der Waals surface area contributed by atoms with E-state index in [1.807, 2.05) is 43.3 Å². The summed E-state index contributed by atoms with van der Waals surface area (Å²) in [6, 6.07) is 13.7. The molecule has 90 valence electrons. The summed E-state index contributed by atoms with van der Waals surface area (Å²) in [5, 5.41) is 12.1. The second-order valence-corrected chi connectivity index (χ2v) is 4.01. The van der Waals surface area contributed by atoms with Gasteiger partial charge in [-0.3, -0.25) is 0 Å². The van der Waals surface area contributed by atoms with Gasteiger partial charge in [0.2, 0.25) is 0 Å². The predicted molar refractivity (Wildman–Crippen MR) is 71.8 cm³/mol. The van der Waals surface area contributed by atoms with Gasteiger partial charge in [0.15, 0.2) is 5.82 Å². The molecule has 1 aromatic carbocycles. The van der Waals surface area contributed by atoms with Crippen LogP contribution in [0.25, 0.3) is 0 Å². The highest BCUT2D eigenvalue weighted by Gasteiger charge is 2.10. The molecule has 1 unspecified atom stereocenters. The Labute approximate surface area is 106 Å². The Morgan fingerprint density at radius 3 is 2.67 bits per heavy atom. The van der Waals surface area contributed by atoms with Gasteiger partial charge in [-0.25, -0.2) is 4.98 Å². The van der Waals surface area contributed by atoms with E-state index in [1.54, 1.807) is 12.3 Å². The van der Waals surface area contributed by atoms with Crippen molar-refractivity contribution < 1.29 is 0 Å². The largest absolute Gasteiger partial charge is 0.395 e. The van der Waals surface area contributed by atoms with E-state index < -0.39 is 0 Å². The number of anilines is 2. The lowest BCUT2D eigenvalue weighted by atomic mass is 10.1. The normalized spacial score (nSPS) is 11.6. The fourth-order valence-corrected chi connectivity index (χ4v) is 1.72. The molecule has 0 fully saturated rings. The quantitative estimate of drug-likeness (QED) is 0.862. The summed E-state index contributed by atoms with van der Waals surface area (Å²) < 4.78 is 0. The van der Waals surface area contributed by atoms with Crippen LogP contribution in [-0.4, -0.2) is 4.98 Å². The number of nitrogens with two attached hydrogens (primary N) is 1. The first-order chi connectivity index (χ1) is 8.72. The lowest BCUT2D eigenvalue weighted by Gasteiger charge is -2.16. The Kier molecular flexibility index (Phi) is 3.44. The third kappa shape index (κ3) is 2.41. The molecule has 0 amide bonds. The monoisotopic (exact) mass is 238 g/mol. The summed E-state index contributed by atoms with van der Waals surface area (Å²) >= 11 is 0. The summed E-state index contributed by atoms with van der Waals surface area (Å²) in [6.07, 6.45) is 1.58. The van der Waals surface area contributed by atoms with Gasteiger partial charge in [0.05, 0.1) is 17.3 Å². The first kappa shape index (κ1) is 11.9. The first-order valence-electron chi connectivity index (χ1n) is 5.68. The third-order valence-electron chi connectivity index (χ3n) is 2.76. The van der Waals surface area contributed by atoms with Crippen molar-refractivity contribution in [3.8, 4) is 6.07 Å². The highest BCUT2D eigenvalue weighted by molar-refractivity contribution is 5.69. The molecule has 1 atom stereocenters. The first-order valence-corrected chi connectivity index (χ1v) is 5.68. The fraction of sp³-hybridized carbons (Fsp3) is 0.143. The molecular formula is C14H14N4. The molecule has 0 aliphatic heterocycles. The molecule has 0 radical (unpaired) electrons. The van der Waals surface area contributed by atoms with Crippen LogP contribution in [0.15, 0.2) is 42.6 Å². The molecule has 0 saturated heterocycles. The van der Waals surface area contributed by atoms with Crippen molar-refractivity contribution >= 4 is 11.5 Å². The summed E-state index contributed by atoms with van der Waals surface area (Å²) in [5.74, 6) is 0.547. The summed E-state index contributed by atoms with van der Waals surface area (Å²) in [4.78, 5) is 4.17. The average molecular weight is 238 g/mol. The number of nitrogens with zero attached hydrogens (tertiary/aromatic N) is 2. The van der Waals surface area contributed by atoms with Crippen molar-refractivity contribution in [1.82, 2.24) is 4.98 Å². The van der Waals surface area contributed by atoms with Gasteiger partial charge in [-0.2, -0.15) is 5.26 Å². The summed E-state index contributed by atoms with van der Waals surface area (Å²) in [7, 11) is 0. The Hall–Kier alpha value is -2.54. The Morgan fingerprint density at radius 1 is 1.28 bits per heavy atom. The maximum atomic E-state index is 8.91. The molecule has 3 N–H and O–H groups in total. The number of nitriles is 1. The zero-order valence-electron chi connectivity index (χ0n) is 10.1. The van der Waals surface area contributed by atoms with Gasteiger partial charge in [0.1, 0.15) is 6.07 Å². The number of nitrogens with one attached hydrogen (secondary N) is 1. The number of hydrogen-bond donors (Lipinski definition) is 2. The molecule has 1 aromatic heterocycles. The minimum Gasteiger partial charge on any atom is -0.395 e. The van der Waals surface area contributed by atoms with Crippen LogP contribution in [0, 0.1) is 11.3 Å². The van der Waals surface area contributed by atoms with Crippen molar-refractivity contribution in [3.63, 3.8) is 0 Å². The minimum absolute atomic E-state index is 0.0787. The van der Waals surface area contributed by atoms with E-state index in [9.17, 15) is 0 Å².